The number of rotatable bonds is 9. The molecule has 1 N–H and O–H groups in total. The highest BCUT2D eigenvalue weighted by atomic mass is 32.2. The molecule has 0 aliphatic carbocycles. The van der Waals surface area contributed by atoms with Crippen LogP contribution in [0.5, 0.6) is 11.5 Å². The van der Waals surface area contributed by atoms with Crippen LogP contribution in [0.3, 0.4) is 0 Å². The fraction of sp³-hybridized carbons (Fsp3) is 0.194. The highest BCUT2D eigenvalue weighted by molar-refractivity contribution is 7.92. The minimum Gasteiger partial charge on any atom is -0.457 e. The fourth-order valence-corrected chi connectivity index (χ4v) is 5.73. The van der Waals surface area contributed by atoms with Gasteiger partial charge < -0.3 is 10.1 Å². The van der Waals surface area contributed by atoms with Crippen molar-refractivity contribution in [1.82, 2.24) is 5.32 Å². The number of benzene rings is 4. The van der Waals surface area contributed by atoms with Gasteiger partial charge in [0.25, 0.3) is 10.0 Å². The van der Waals surface area contributed by atoms with Crippen LogP contribution < -0.4 is 14.4 Å². The van der Waals surface area contributed by atoms with Crippen LogP contribution in [0.15, 0.2) is 102 Å². The molecule has 4 aromatic rings. The first kappa shape index (κ1) is 26.9. The predicted molar refractivity (Wildman–Crippen MR) is 151 cm³/mol. The smallest absolute Gasteiger partial charge is 0.264 e. The first-order valence-electron chi connectivity index (χ1n) is 12.4. The van der Waals surface area contributed by atoms with Crippen LogP contribution in [0.25, 0.3) is 0 Å². The van der Waals surface area contributed by atoms with Crippen molar-refractivity contribution < 1.29 is 17.9 Å². The van der Waals surface area contributed by atoms with Crippen molar-refractivity contribution in [2.24, 2.45) is 0 Å². The Morgan fingerprint density at radius 2 is 1.34 bits per heavy atom. The maximum absolute atomic E-state index is 13.7. The van der Waals surface area contributed by atoms with E-state index < -0.39 is 15.9 Å². The van der Waals surface area contributed by atoms with Crippen LogP contribution in [0.1, 0.15) is 35.2 Å². The third-order valence-electron chi connectivity index (χ3n) is 6.45. The standard InChI is InChI=1S/C31H32N2O4S/c1-22-19-24(3)30(20-23(22)2)25(4)32-31(34)21-33(38(35,36)29-13-9-6-10-14-29)26-15-17-28(18-16-26)37-27-11-7-5-8-12-27/h5-20,25H,21H2,1-4H3,(H,32,34)/t25-/m0/s1. The van der Waals surface area contributed by atoms with E-state index in [1.807, 2.05) is 51.1 Å². The molecule has 0 unspecified atom stereocenters. The molecule has 4 aromatic carbocycles. The molecule has 0 aliphatic heterocycles. The lowest BCUT2D eigenvalue weighted by Gasteiger charge is -2.26. The van der Waals surface area contributed by atoms with E-state index in [0.717, 1.165) is 21.0 Å². The predicted octanol–water partition coefficient (Wildman–Crippen LogP) is 6.48. The van der Waals surface area contributed by atoms with Crippen molar-refractivity contribution in [2.45, 2.75) is 38.6 Å². The third kappa shape index (κ3) is 6.23. The Morgan fingerprint density at radius 1 is 0.789 bits per heavy atom. The molecule has 0 bridgehead atoms. The minimum absolute atomic E-state index is 0.107. The summed E-state index contributed by atoms with van der Waals surface area (Å²) in [6, 6.07) is 28.0. The lowest BCUT2D eigenvalue weighted by molar-refractivity contribution is -0.120. The summed E-state index contributed by atoms with van der Waals surface area (Å²) in [4.78, 5) is 13.3. The number of carbonyl (C=O) groups is 1. The number of amides is 1. The van der Waals surface area contributed by atoms with Gasteiger partial charge in [0, 0.05) is 0 Å². The first-order chi connectivity index (χ1) is 18.1. The van der Waals surface area contributed by atoms with E-state index in [0.29, 0.717) is 17.2 Å². The van der Waals surface area contributed by atoms with Crippen LogP contribution in [0.4, 0.5) is 5.69 Å². The summed E-state index contributed by atoms with van der Waals surface area (Å²) in [6.45, 7) is 7.63. The molecule has 6 nitrogen and oxygen atoms in total. The molecule has 0 saturated carbocycles. The fourth-order valence-electron chi connectivity index (χ4n) is 4.28. The van der Waals surface area contributed by atoms with E-state index >= 15 is 0 Å². The largest absolute Gasteiger partial charge is 0.457 e. The number of sulfonamides is 1. The second-order valence-electron chi connectivity index (χ2n) is 9.32. The lowest BCUT2D eigenvalue weighted by atomic mass is 9.96. The van der Waals surface area contributed by atoms with Gasteiger partial charge in [0.15, 0.2) is 0 Å². The monoisotopic (exact) mass is 528 g/mol. The Kier molecular flexibility index (Phi) is 8.17. The zero-order chi connectivity index (χ0) is 27.3. The van der Waals surface area contributed by atoms with Crippen LogP contribution in [-0.4, -0.2) is 20.9 Å². The second-order valence-corrected chi connectivity index (χ2v) is 11.2. The first-order valence-corrected chi connectivity index (χ1v) is 13.9. The van der Waals surface area contributed by atoms with Gasteiger partial charge in [-0.15, -0.1) is 0 Å². The van der Waals surface area contributed by atoms with Crippen molar-refractivity contribution in [2.75, 3.05) is 10.8 Å². The molecule has 0 saturated heterocycles. The number of carbonyl (C=O) groups excluding carboxylic acids is 1. The Hall–Kier alpha value is -4.10. The van der Waals surface area contributed by atoms with E-state index in [-0.39, 0.29) is 17.5 Å². The molecule has 0 aliphatic rings. The topological polar surface area (TPSA) is 75.7 Å². The van der Waals surface area contributed by atoms with Crippen molar-refractivity contribution in [3.63, 3.8) is 0 Å². The molecule has 0 radical (unpaired) electrons. The summed E-state index contributed by atoms with van der Waals surface area (Å²) in [5, 5.41) is 2.98. The number of hydrogen-bond donors (Lipinski definition) is 1. The SMILES string of the molecule is Cc1cc(C)c([C@H](C)NC(=O)CN(c2ccc(Oc3ccccc3)cc2)S(=O)(=O)c2ccccc2)cc1C. The summed E-state index contributed by atoms with van der Waals surface area (Å²) in [7, 11) is -4.01. The Labute approximate surface area is 225 Å². The number of hydrogen-bond acceptors (Lipinski definition) is 4. The van der Waals surface area contributed by atoms with Gasteiger partial charge in [0.2, 0.25) is 5.91 Å². The number of aryl methyl sites for hydroxylation is 3. The van der Waals surface area contributed by atoms with Gasteiger partial charge in [0.05, 0.1) is 16.6 Å². The molecule has 0 heterocycles. The Bertz CT molecular complexity index is 1500. The van der Waals surface area contributed by atoms with Gasteiger partial charge in [-0.3, -0.25) is 9.10 Å². The van der Waals surface area contributed by atoms with Crippen molar-refractivity contribution >= 4 is 21.6 Å². The van der Waals surface area contributed by atoms with Crippen molar-refractivity contribution in [3.8, 4) is 11.5 Å². The molecule has 1 amide bonds. The zero-order valence-electron chi connectivity index (χ0n) is 22.0. The van der Waals surface area contributed by atoms with E-state index in [1.165, 1.54) is 17.7 Å². The van der Waals surface area contributed by atoms with E-state index in [9.17, 15) is 13.2 Å². The second kappa shape index (κ2) is 11.5. The maximum Gasteiger partial charge on any atom is 0.264 e. The van der Waals surface area contributed by atoms with E-state index in [2.05, 4.69) is 24.4 Å². The molecular formula is C31H32N2O4S. The number of anilines is 1. The van der Waals surface area contributed by atoms with E-state index in [4.69, 9.17) is 4.74 Å². The van der Waals surface area contributed by atoms with Gasteiger partial charge in [-0.2, -0.15) is 0 Å². The number of nitrogens with one attached hydrogen (secondary N) is 1. The minimum atomic E-state index is -4.01. The van der Waals surface area contributed by atoms with Gasteiger partial charge in [0.1, 0.15) is 18.0 Å². The summed E-state index contributed by atoms with van der Waals surface area (Å²) in [6.07, 6.45) is 0. The molecule has 196 valence electrons. The molecular weight excluding hydrogens is 496 g/mol. The van der Waals surface area contributed by atoms with Crippen LogP contribution in [0.2, 0.25) is 0 Å². The van der Waals surface area contributed by atoms with Gasteiger partial charge in [-0.05, 0) is 98.5 Å². The highest BCUT2D eigenvalue weighted by Gasteiger charge is 2.28. The maximum atomic E-state index is 13.7. The summed E-state index contributed by atoms with van der Waals surface area (Å²) in [5.74, 6) is 0.823. The quantitative estimate of drug-likeness (QED) is 0.270. The molecule has 1 atom stereocenters. The van der Waals surface area contributed by atoms with E-state index in [1.54, 1.807) is 42.5 Å². The summed E-state index contributed by atoms with van der Waals surface area (Å²) >= 11 is 0. The number of ether oxygens (including phenoxy) is 1. The molecule has 0 spiro atoms. The Morgan fingerprint density at radius 3 is 1.97 bits per heavy atom. The van der Waals surface area contributed by atoms with Crippen LogP contribution >= 0.6 is 0 Å². The average molecular weight is 529 g/mol. The van der Waals surface area contributed by atoms with Crippen molar-refractivity contribution in [3.05, 3.63) is 119 Å². The number of nitrogens with zero attached hydrogens (tertiary/aromatic N) is 1. The molecule has 38 heavy (non-hydrogen) atoms. The molecule has 0 fully saturated rings. The van der Waals surface area contributed by atoms with Gasteiger partial charge in [-0.25, -0.2) is 8.42 Å². The van der Waals surface area contributed by atoms with Gasteiger partial charge in [-0.1, -0.05) is 48.5 Å². The normalized spacial score (nSPS) is 12.0. The van der Waals surface area contributed by atoms with Crippen molar-refractivity contribution in [1.29, 1.82) is 0 Å². The summed E-state index contributed by atoms with van der Waals surface area (Å²) in [5.41, 5.74) is 4.76. The molecule has 4 rings (SSSR count). The lowest BCUT2D eigenvalue weighted by Crippen LogP contribution is -2.41. The summed E-state index contributed by atoms with van der Waals surface area (Å²) < 4.78 is 34.3. The molecule has 0 aromatic heterocycles. The average Bonchev–Trinajstić information content (AvgIpc) is 2.91. The van der Waals surface area contributed by atoms with Crippen LogP contribution in [0, 0.1) is 20.8 Å². The third-order valence-corrected chi connectivity index (χ3v) is 8.24. The molecule has 7 heteroatoms. The zero-order valence-corrected chi connectivity index (χ0v) is 22.8. The Balaban J connectivity index is 1.60. The van der Waals surface area contributed by atoms with Crippen LogP contribution in [-0.2, 0) is 14.8 Å². The van der Waals surface area contributed by atoms with Gasteiger partial charge >= 0.3 is 0 Å². The highest BCUT2D eigenvalue weighted by Crippen LogP contribution is 2.28. The number of para-hydroxylation sites is 1.